The molecule has 0 radical (unpaired) electrons. The van der Waals surface area contributed by atoms with Crippen molar-refractivity contribution < 1.29 is 14.0 Å². The van der Waals surface area contributed by atoms with Crippen LogP contribution in [0.3, 0.4) is 0 Å². The number of amides is 1. The zero-order valence-corrected chi connectivity index (χ0v) is 10.6. The van der Waals surface area contributed by atoms with Gasteiger partial charge in [-0.15, -0.1) is 0 Å². The lowest BCUT2D eigenvalue weighted by molar-refractivity contribution is -0.143. The first-order valence-corrected chi connectivity index (χ1v) is 5.59. The van der Waals surface area contributed by atoms with Crippen molar-refractivity contribution in [2.75, 3.05) is 7.05 Å². The molecule has 1 aromatic carbocycles. The van der Waals surface area contributed by atoms with Crippen LogP contribution in [0.5, 0.6) is 0 Å². The summed E-state index contributed by atoms with van der Waals surface area (Å²) >= 11 is 0. The van der Waals surface area contributed by atoms with Crippen LogP contribution in [0.1, 0.15) is 18.4 Å². The SMILES string of the molecule is CC(=O)C(=O)N(C)Cc1ccc2nc(C)oc2c1. The molecule has 0 N–H and O–H groups in total. The molecular weight excluding hydrogens is 232 g/mol. The Morgan fingerprint density at radius 1 is 1.39 bits per heavy atom. The van der Waals surface area contributed by atoms with E-state index in [1.807, 2.05) is 18.2 Å². The lowest BCUT2D eigenvalue weighted by Crippen LogP contribution is -2.31. The normalized spacial score (nSPS) is 10.6. The molecule has 0 bridgehead atoms. The van der Waals surface area contributed by atoms with Crippen LogP contribution in [0, 0.1) is 6.92 Å². The number of aromatic nitrogens is 1. The first-order chi connectivity index (χ1) is 8.47. The van der Waals surface area contributed by atoms with Gasteiger partial charge >= 0.3 is 0 Å². The Kier molecular flexibility index (Phi) is 3.14. The van der Waals surface area contributed by atoms with Crippen LogP contribution >= 0.6 is 0 Å². The fraction of sp³-hybridized carbons (Fsp3) is 0.308. The Labute approximate surface area is 104 Å². The summed E-state index contributed by atoms with van der Waals surface area (Å²) < 4.78 is 5.42. The molecule has 0 aliphatic carbocycles. The molecule has 5 nitrogen and oxygen atoms in total. The highest BCUT2D eigenvalue weighted by molar-refractivity contribution is 6.34. The molecule has 94 valence electrons. The quantitative estimate of drug-likeness (QED) is 0.773. The van der Waals surface area contributed by atoms with Crippen molar-refractivity contribution in [2.24, 2.45) is 0 Å². The number of carbonyl (C=O) groups excluding carboxylic acids is 2. The molecule has 1 amide bonds. The second kappa shape index (κ2) is 4.60. The molecule has 0 saturated carbocycles. The number of hydrogen-bond acceptors (Lipinski definition) is 4. The minimum absolute atomic E-state index is 0.369. The Hall–Kier alpha value is -2.17. The highest BCUT2D eigenvalue weighted by Crippen LogP contribution is 2.17. The van der Waals surface area contributed by atoms with E-state index in [1.165, 1.54) is 11.8 Å². The molecule has 0 aliphatic rings. The summed E-state index contributed by atoms with van der Waals surface area (Å²) in [7, 11) is 1.60. The van der Waals surface area contributed by atoms with Crippen molar-refractivity contribution in [1.29, 1.82) is 0 Å². The minimum Gasteiger partial charge on any atom is -0.441 e. The van der Waals surface area contributed by atoms with Gasteiger partial charge in [0.15, 0.2) is 11.5 Å². The lowest BCUT2D eigenvalue weighted by Gasteiger charge is -2.15. The number of Topliss-reactive ketones (excluding diaryl/α,β-unsaturated/α-hetero) is 1. The standard InChI is InChI=1S/C13H14N2O3/c1-8(16)13(17)15(3)7-10-4-5-11-12(6-10)18-9(2)14-11/h4-6H,7H2,1-3H3. The molecule has 2 aromatic rings. The number of fused-ring (bicyclic) bond motifs is 1. The molecule has 0 fully saturated rings. The molecule has 0 unspecified atom stereocenters. The minimum atomic E-state index is -0.496. The van der Waals surface area contributed by atoms with Crippen molar-refractivity contribution in [3.8, 4) is 0 Å². The number of ketones is 1. The number of hydrogen-bond donors (Lipinski definition) is 0. The molecule has 2 rings (SSSR count). The number of rotatable bonds is 3. The molecule has 5 heteroatoms. The van der Waals surface area contributed by atoms with Gasteiger partial charge < -0.3 is 9.32 Å². The number of benzene rings is 1. The van der Waals surface area contributed by atoms with E-state index in [2.05, 4.69) is 4.98 Å². The highest BCUT2D eigenvalue weighted by atomic mass is 16.3. The second-order valence-electron chi connectivity index (χ2n) is 4.25. The van der Waals surface area contributed by atoms with Gasteiger partial charge in [-0.2, -0.15) is 0 Å². The van der Waals surface area contributed by atoms with Gasteiger partial charge in [-0.3, -0.25) is 9.59 Å². The van der Waals surface area contributed by atoms with E-state index in [-0.39, 0.29) is 0 Å². The van der Waals surface area contributed by atoms with Crippen molar-refractivity contribution in [1.82, 2.24) is 9.88 Å². The molecule has 0 atom stereocenters. The van der Waals surface area contributed by atoms with Crippen molar-refractivity contribution >= 4 is 22.8 Å². The number of carbonyl (C=O) groups is 2. The van der Waals surface area contributed by atoms with Crippen LogP contribution in [-0.2, 0) is 16.1 Å². The van der Waals surface area contributed by atoms with Gasteiger partial charge in [0.2, 0.25) is 5.78 Å². The average Bonchev–Trinajstić information content (AvgIpc) is 2.67. The zero-order chi connectivity index (χ0) is 13.3. The molecule has 0 saturated heterocycles. The van der Waals surface area contributed by atoms with Gasteiger partial charge in [0.25, 0.3) is 5.91 Å². The Morgan fingerprint density at radius 3 is 2.78 bits per heavy atom. The molecular formula is C13H14N2O3. The maximum absolute atomic E-state index is 11.5. The Morgan fingerprint density at radius 2 is 2.11 bits per heavy atom. The second-order valence-corrected chi connectivity index (χ2v) is 4.25. The zero-order valence-electron chi connectivity index (χ0n) is 10.6. The summed E-state index contributed by atoms with van der Waals surface area (Å²) in [6.45, 7) is 3.42. The summed E-state index contributed by atoms with van der Waals surface area (Å²) in [4.78, 5) is 28.0. The van der Waals surface area contributed by atoms with Gasteiger partial charge in [-0.1, -0.05) is 6.07 Å². The monoisotopic (exact) mass is 246 g/mol. The summed E-state index contributed by atoms with van der Waals surface area (Å²) in [6.07, 6.45) is 0. The molecule has 1 heterocycles. The first-order valence-electron chi connectivity index (χ1n) is 5.59. The van der Waals surface area contributed by atoms with E-state index in [0.29, 0.717) is 18.0 Å². The van der Waals surface area contributed by atoms with Crippen LogP contribution in [0.4, 0.5) is 0 Å². The van der Waals surface area contributed by atoms with Gasteiger partial charge in [0.05, 0.1) is 0 Å². The van der Waals surface area contributed by atoms with Crippen LogP contribution in [0.2, 0.25) is 0 Å². The molecule has 0 spiro atoms. The third-order valence-electron chi connectivity index (χ3n) is 2.63. The molecule has 18 heavy (non-hydrogen) atoms. The maximum Gasteiger partial charge on any atom is 0.289 e. The van der Waals surface area contributed by atoms with E-state index in [1.54, 1.807) is 14.0 Å². The van der Waals surface area contributed by atoms with Crippen molar-refractivity contribution in [3.63, 3.8) is 0 Å². The van der Waals surface area contributed by atoms with E-state index in [0.717, 1.165) is 11.1 Å². The van der Waals surface area contributed by atoms with Gasteiger partial charge in [-0.25, -0.2) is 4.98 Å². The fourth-order valence-electron chi connectivity index (χ4n) is 1.80. The lowest BCUT2D eigenvalue weighted by atomic mass is 10.2. The largest absolute Gasteiger partial charge is 0.441 e. The third-order valence-corrected chi connectivity index (χ3v) is 2.63. The van der Waals surface area contributed by atoms with Crippen LogP contribution < -0.4 is 0 Å². The number of likely N-dealkylation sites (N-methyl/N-ethyl adjacent to an activating group) is 1. The summed E-state index contributed by atoms with van der Waals surface area (Å²) in [5, 5.41) is 0. The van der Waals surface area contributed by atoms with Gasteiger partial charge in [0.1, 0.15) is 5.52 Å². The topological polar surface area (TPSA) is 63.4 Å². The smallest absolute Gasteiger partial charge is 0.289 e. The Balaban J connectivity index is 2.21. The summed E-state index contributed by atoms with van der Waals surface area (Å²) in [5.41, 5.74) is 2.38. The van der Waals surface area contributed by atoms with E-state index in [9.17, 15) is 9.59 Å². The average molecular weight is 246 g/mol. The summed E-state index contributed by atoms with van der Waals surface area (Å²) in [5.74, 6) is -0.353. The van der Waals surface area contributed by atoms with Crippen molar-refractivity contribution in [3.05, 3.63) is 29.7 Å². The molecule has 0 aliphatic heterocycles. The summed E-state index contributed by atoms with van der Waals surface area (Å²) in [6, 6.07) is 5.54. The van der Waals surface area contributed by atoms with Gasteiger partial charge in [0, 0.05) is 27.4 Å². The molecule has 1 aromatic heterocycles. The Bertz CT molecular complexity index is 616. The number of aryl methyl sites for hydroxylation is 1. The van der Waals surface area contributed by atoms with Crippen LogP contribution in [0.15, 0.2) is 22.6 Å². The van der Waals surface area contributed by atoms with Crippen LogP contribution in [-0.4, -0.2) is 28.6 Å². The third kappa shape index (κ3) is 2.40. The number of oxazole rings is 1. The predicted molar refractivity (Wildman–Crippen MR) is 65.9 cm³/mol. The van der Waals surface area contributed by atoms with E-state index >= 15 is 0 Å². The highest BCUT2D eigenvalue weighted by Gasteiger charge is 2.14. The maximum atomic E-state index is 11.5. The fourth-order valence-corrected chi connectivity index (χ4v) is 1.80. The van der Waals surface area contributed by atoms with Gasteiger partial charge in [-0.05, 0) is 17.7 Å². The predicted octanol–water partition coefficient (Wildman–Crippen LogP) is 1.68. The van der Waals surface area contributed by atoms with E-state index in [4.69, 9.17) is 4.42 Å². The van der Waals surface area contributed by atoms with Crippen LogP contribution in [0.25, 0.3) is 11.1 Å². The first kappa shape index (κ1) is 12.3. The van der Waals surface area contributed by atoms with Crippen molar-refractivity contribution in [2.45, 2.75) is 20.4 Å². The van der Waals surface area contributed by atoms with E-state index < -0.39 is 11.7 Å². The number of nitrogens with zero attached hydrogens (tertiary/aromatic N) is 2.